The van der Waals surface area contributed by atoms with Crippen molar-refractivity contribution >= 4 is 46.2 Å². The third kappa shape index (κ3) is 4.21. The summed E-state index contributed by atoms with van der Waals surface area (Å²) < 4.78 is 20.5. The number of rotatable bonds is 4. The second kappa shape index (κ2) is 7.30. The van der Waals surface area contributed by atoms with Gasteiger partial charge >= 0.3 is 17.9 Å². The lowest BCUT2D eigenvalue weighted by molar-refractivity contribution is -0.222. The Morgan fingerprint density at radius 1 is 1.20 bits per heavy atom. The summed E-state index contributed by atoms with van der Waals surface area (Å²) in [6.07, 6.45) is 1.19. The molecule has 1 heterocycles. The Bertz CT molecular complexity index is 748. The van der Waals surface area contributed by atoms with Crippen LogP contribution < -0.4 is 10.1 Å². The molecule has 0 atom stereocenters. The molecule has 2 rings (SSSR count). The SMILES string of the molecule is COC(=O)c1cc(I)c(NC=C2C(=O)OC(C)(C)OC2=O)cc1OC. The number of carbonyl (C=O) groups excluding carboxylic acids is 3. The highest BCUT2D eigenvalue weighted by molar-refractivity contribution is 14.1. The zero-order valence-corrected chi connectivity index (χ0v) is 16.1. The van der Waals surface area contributed by atoms with Crippen molar-refractivity contribution in [3.05, 3.63) is 33.0 Å². The highest BCUT2D eigenvalue weighted by Gasteiger charge is 2.39. The van der Waals surface area contributed by atoms with E-state index in [0.29, 0.717) is 9.26 Å². The first-order valence-corrected chi connectivity index (χ1v) is 8.15. The Hall–Kier alpha value is -2.30. The lowest BCUT2D eigenvalue weighted by Crippen LogP contribution is -2.42. The van der Waals surface area contributed by atoms with Gasteiger partial charge in [-0.05, 0) is 28.7 Å². The first-order chi connectivity index (χ1) is 11.7. The summed E-state index contributed by atoms with van der Waals surface area (Å²) in [6, 6.07) is 3.11. The fraction of sp³-hybridized carbons (Fsp3) is 0.312. The van der Waals surface area contributed by atoms with Gasteiger partial charge in [-0.2, -0.15) is 0 Å². The molecule has 1 aliphatic heterocycles. The molecule has 8 nitrogen and oxygen atoms in total. The van der Waals surface area contributed by atoms with E-state index in [1.54, 1.807) is 12.1 Å². The van der Waals surface area contributed by atoms with E-state index in [4.69, 9.17) is 18.9 Å². The van der Waals surface area contributed by atoms with Crippen molar-refractivity contribution in [1.82, 2.24) is 0 Å². The summed E-state index contributed by atoms with van der Waals surface area (Å²) in [5.74, 6) is -3.14. The summed E-state index contributed by atoms with van der Waals surface area (Å²) in [5, 5.41) is 2.83. The zero-order valence-electron chi connectivity index (χ0n) is 14.0. The van der Waals surface area contributed by atoms with E-state index < -0.39 is 23.7 Å². The predicted octanol–water partition coefficient (Wildman–Crippen LogP) is 2.22. The second-order valence-corrected chi connectivity index (χ2v) is 6.57. The number of carbonyl (C=O) groups is 3. The lowest BCUT2D eigenvalue weighted by Gasteiger charge is -2.29. The highest BCUT2D eigenvalue weighted by Crippen LogP contribution is 2.30. The fourth-order valence-electron chi connectivity index (χ4n) is 2.03. The summed E-state index contributed by atoms with van der Waals surface area (Å²) in [7, 11) is 2.68. The van der Waals surface area contributed by atoms with Gasteiger partial charge in [0.15, 0.2) is 5.57 Å². The average Bonchev–Trinajstić information content (AvgIpc) is 2.53. The van der Waals surface area contributed by atoms with Crippen LogP contribution in [-0.2, 0) is 23.8 Å². The topological polar surface area (TPSA) is 100 Å². The first kappa shape index (κ1) is 19.0. The molecule has 9 heteroatoms. The molecular weight excluding hydrogens is 445 g/mol. The number of esters is 3. The number of halogens is 1. The molecule has 134 valence electrons. The van der Waals surface area contributed by atoms with Gasteiger partial charge in [0.1, 0.15) is 11.3 Å². The molecule has 1 aromatic carbocycles. The number of cyclic esters (lactones) is 2. The normalized spacial score (nSPS) is 15.8. The Morgan fingerprint density at radius 2 is 1.80 bits per heavy atom. The average molecular weight is 461 g/mol. The molecule has 0 bridgehead atoms. The smallest absolute Gasteiger partial charge is 0.350 e. The largest absolute Gasteiger partial charge is 0.496 e. The third-order valence-electron chi connectivity index (χ3n) is 3.18. The molecule has 1 fully saturated rings. The maximum atomic E-state index is 11.9. The predicted molar refractivity (Wildman–Crippen MR) is 95.0 cm³/mol. The highest BCUT2D eigenvalue weighted by atomic mass is 127. The van der Waals surface area contributed by atoms with Crippen molar-refractivity contribution in [2.24, 2.45) is 0 Å². The van der Waals surface area contributed by atoms with Gasteiger partial charge in [0.05, 0.1) is 19.9 Å². The molecule has 0 radical (unpaired) electrons. The molecule has 1 aliphatic rings. The Morgan fingerprint density at radius 3 is 2.32 bits per heavy atom. The minimum Gasteiger partial charge on any atom is -0.496 e. The van der Waals surface area contributed by atoms with E-state index >= 15 is 0 Å². The standard InChI is InChI=1S/C16H16INO7/c1-16(2)24-14(20)9(15(21)25-16)7-18-11-6-12(22-3)8(5-10(11)17)13(19)23-4/h5-7,18H,1-4H3. The summed E-state index contributed by atoms with van der Waals surface area (Å²) in [5.41, 5.74) is 0.500. The van der Waals surface area contributed by atoms with E-state index in [1.807, 2.05) is 22.6 Å². The van der Waals surface area contributed by atoms with Gasteiger partial charge in [0.25, 0.3) is 5.79 Å². The molecule has 1 saturated heterocycles. The van der Waals surface area contributed by atoms with Crippen LogP contribution in [-0.4, -0.2) is 37.9 Å². The number of methoxy groups -OCH3 is 2. The van der Waals surface area contributed by atoms with Crippen molar-refractivity contribution < 1.29 is 33.3 Å². The van der Waals surface area contributed by atoms with Crippen molar-refractivity contribution in [3.8, 4) is 5.75 Å². The monoisotopic (exact) mass is 461 g/mol. The van der Waals surface area contributed by atoms with Gasteiger partial charge in [-0.3, -0.25) is 0 Å². The molecule has 0 aliphatic carbocycles. The minimum absolute atomic E-state index is 0.255. The van der Waals surface area contributed by atoms with Gasteiger partial charge in [-0.1, -0.05) is 0 Å². The molecule has 1 aromatic rings. The van der Waals surface area contributed by atoms with Crippen LogP contribution in [0.2, 0.25) is 0 Å². The van der Waals surface area contributed by atoms with Crippen LogP contribution in [0.25, 0.3) is 0 Å². The molecule has 0 amide bonds. The van der Waals surface area contributed by atoms with Crippen LogP contribution in [0.1, 0.15) is 24.2 Å². The molecule has 25 heavy (non-hydrogen) atoms. The van der Waals surface area contributed by atoms with E-state index in [9.17, 15) is 14.4 Å². The van der Waals surface area contributed by atoms with Gasteiger partial charge in [0.2, 0.25) is 0 Å². The number of anilines is 1. The first-order valence-electron chi connectivity index (χ1n) is 7.07. The summed E-state index contributed by atoms with van der Waals surface area (Å²) in [6.45, 7) is 2.93. The van der Waals surface area contributed by atoms with Crippen LogP contribution in [0.5, 0.6) is 5.75 Å². The lowest BCUT2D eigenvalue weighted by atomic mass is 10.1. The Kier molecular flexibility index (Phi) is 5.55. The van der Waals surface area contributed by atoms with Gasteiger partial charge in [-0.25, -0.2) is 14.4 Å². The van der Waals surface area contributed by atoms with Gasteiger partial charge in [-0.15, -0.1) is 0 Å². The molecular formula is C16H16INO7. The van der Waals surface area contributed by atoms with Crippen molar-refractivity contribution in [3.63, 3.8) is 0 Å². The van der Waals surface area contributed by atoms with Crippen LogP contribution >= 0.6 is 22.6 Å². The molecule has 0 aromatic heterocycles. The number of nitrogens with one attached hydrogen (secondary N) is 1. The molecule has 0 unspecified atom stereocenters. The maximum absolute atomic E-state index is 11.9. The van der Waals surface area contributed by atoms with Crippen molar-refractivity contribution in [2.45, 2.75) is 19.6 Å². The van der Waals surface area contributed by atoms with Gasteiger partial charge < -0.3 is 24.3 Å². The summed E-state index contributed by atoms with van der Waals surface area (Å²) in [4.78, 5) is 35.6. The van der Waals surface area contributed by atoms with E-state index in [2.05, 4.69) is 5.32 Å². The number of ether oxygens (including phenoxy) is 4. The van der Waals surface area contributed by atoms with Crippen LogP contribution in [0.4, 0.5) is 5.69 Å². The van der Waals surface area contributed by atoms with E-state index in [-0.39, 0.29) is 16.9 Å². The Balaban J connectivity index is 2.30. The van der Waals surface area contributed by atoms with Crippen LogP contribution in [0.15, 0.2) is 23.9 Å². The Labute approximate surface area is 157 Å². The van der Waals surface area contributed by atoms with Gasteiger partial charge in [0, 0.05) is 29.7 Å². The fourth-order valence-corrected chi connectivity index (χ4v) is 2.65. The zero-order chi connectivity index (χ0) is 18.8. The minimum atomic E-state index is -1.30. The van der Waals surface area contributed by atoms with E-state index in [1.165, 1.54) is 34.3 Å². The number of hydrogen-bond acceptors (Lipinski definition) is 8. The quantitative estimate of drug-likeness (QED) is 0.316. The molecule has 0 spiro atoms. The van der Waals surface area contributed by atoms with Crippen LogP contribution in [0.3, 0.4) is 0 Å². The van der Waals surface area contributed by atoms with Crippen LogP contribution in [0, 0.1) is 3.57 Å². The van der Waals surface area contributed by atoms with Crippen molar-refractivity contribution in [2.75, 3.05) is 19.5 Å². The third-order valence-corrected chi connectivity index (χ3v) is 4.08. The van der Waals surface area contributed by atoms with E-state index in [0.717, 1.165) is 0 Å². The maximum Gasteiger partial charge on any atom is 0.350 e. The molecule has 1 N–H and O–H groups in total. The van der Waals surface area contributed by atoms with Crippen molar-refractivity contribution in [1.29, 1.82) is 0 Å². The summed E-state index contributed by atoms with van der Waals surface area (Å²) >= 11 is 1.99. The number of benzene rings is 1. The molecule has 0 saturated carbocycles. The second-order valence-electron chi connectivity index (χ2n) is 5.41. The number of hydrogen-bond donors (Lipinski definition) is 1.